The number of hydrogen-bond donors (Lipinski definition) is 4. The number of aromatic nitrogens is 1. The highest BCUT2D eigenvalue weighted by atomic mass is 19.4. The Morgan fingerprint density at radius 3 is 2.29 bits per heavy atom. The second-order valence-corrected chi connectivity index (χ2v) is 8.58. The first-order valence-corrected chi connectivity index (χ1v) is 11.6. The molecule has 0 aliphatic rings. The lowest BCUT2D eigenvalue weighted by molar-refractivity contribution is -0.137. The van der Waals surface area contributed by atoms with Crippen LogP contribution >= 0.6 is 0 Å². The van der Waals surface area contributed by atoms with Gasteiger partial charge < -0.3 is 25.6 Å². The zero-order chi connectivity index (χ0) is 30.1. The normalized spacial score (nSPS) is 11.0. The van der Waals surface area contributed by atoms with E-state index in [1.807, 2.05) is 0 Å². The fourth-order valence-electron chi connectivity index (χ4n) is 4.07. The van der Waals surface area contributed by atoms with Gasteiger partial charge in [0.25, 0.3) is 11.8 Å². The molecule has 0 aliphatic carbocycles. The van der Waals surface area contributed by atoms with Crippen molar-refractivity contribution in [1.82, 2.24) is 10.5 Å². The third-order valence-corrected chi connectivity index (χ3v) is 5.86. The van der Waals surface area contributed by atoms with E-state index >= 15 is 0 Å². The molecule has 0 atom stereocenters. The highest BCUT2D eigenvalue weighted by Crippen LogP contribution is 2.41. The monoisotopic (exact) mass is 565 g/mol. The molecule has 1 heterocycles. The van der Waals surface area contributed by atoms with E-state index in [4.69, 9.17) is 9.78 Å². The number of halogens is 3. The van der Waals surface area contributed by atoms with Crippen molar-refractivity contribution in [3.63, 3.8) is 0 Å². The summed E-state index contributed by atoms with van der Waals surface area (Å²) in [5.74, 6) is -3.72. The third kappa shape index (κ3) is 5.69. The highest BCUT2D eigenvalue weighted by Gasteiger charge is 2.35. The molecule has 0 spiro atoms. The molecule has 0 aliphatic heterocycles. The standard InChI is InChI=1S/C27H18F3N5O6/c1-12(36)33-14-4-5-15(20(8-14)27(28,29)30)16-10-22-19(9-17(16)24(37)32-2)23(35-41-22)25(38)34-21-6-3-13(11-31)7-18(21)26(39)40/h3-10H,1-2H3,(H,32,37)(H,33,36)(H,34,38)(H,39,40). The van der Waals surface area contributed by atoms with Crippen LogP contribution in [0.25, 0.3) is 22.1 Å². The van der Waals surface area contributed by atoms with Gasteiger partial charge in [0.2, 0.25) is 5.91 Å². The van der Waals surface area contributed by atoms with Crippen LogP contribution in [0.5, 0.6) is 0 Å². The van der Waals surface area contributed by atoms with Crippen LogP contribution in [0.4, 0.5) is 24.5 Å². The minimum absolute atomic E-state index is 0.0402. The molecule has 0 bridgehead atoms. The van der Waals surface area contributed by atoms with Crippen molar-refractivity contribution >= 4 is 46.0 Å². The summed E-state index contributed by atoms with van der Waals surface area (Å²) < 4.78 is 47.4. The molecule has 0 saturated carbocycles. The quantitative estimate of drug-likeness (QED) is 0.261. The minimum atomic E-state index is -4.88. The fourth-order valence-corrected chi connectivity index (χ4v) is 4.07. The topological polar surface area (TPSA) is 174 Å². The molecule has 14 heteroatoms. The number of aromatic carboxylic acids is 1. The average Bonchev–Trinajstić information content (AvgIpc) is 3.34. The Morgan fingerprint density at radius 1 is 0.951 bits per heavy atom. The van der Waals surface area contributed by atoms with Gasteiger partial charge in [-0.1, -0.05) is 11.2 Å². The Balaban J connectivity index is 1.85. The number of amides is 3. The first kappa shape index (κ1) is 28.3. The largest absolute Gasteiger partial charge is 0.478 e. The van der Waals surface area contributed by atoms with E-state index in [0.29, 0.717) is 0 Å². The maximum Gasteiger partial charge on any atom is 0.417 e. The second-order valence-electron chi connectivity index (χ2n) is 8.58. The molecule has 0 unspecified atom stereocenters. The summed E-state index contributed by atoms with van der Waals surface area (Å²) >= 11 is 0. The molecular formula is C27H18F3N5O6. The highest BCUT2D eigenvalue weighted by molar-refractivity contribution is 6.15. The van der Waals surface area contributed by atoms with Gasteiger partial charge in [-0.3, -0.25) is 14.4 Å². The lowest BCUT2D eigenvalue weighted by Crippen LogP contribution is -2.20. The number of nitriles is 1. The zero-order valence-electron chi connectivity index (χ0n) is 21.1. The van der Waals surface area contributed by atoms with Gasteiger partial charge in [-0.15, -0.1) is 0 Å². The fraction of sp³-hybridized carbons (Fsp3) is 0.111. The lowest BCUT2D eigenvalue weighted by Gasteiger charge is -2.17. The van der Waals surface area contributed by atoms with Gasteiger partial charge in [-0.2, -0.15) is 18.4 Å². The van der Waals surface area contributed by atoms with Crippen molar-refractivity contribution in [3.05, 3.63) is 76.5 Å². The molecule has 0 saturated heterocycles. The van der Waals surface area contributed by atoms with Gasteiger partial charge in [0.15, 0.2) is 11.3 Å². The summed E-state index contributed by atoms with van der Waals surface area (Å²) in [6.45, 7) is 1.14. The van der Waals surface area contributed by atoms with Gasteiger partial charge in [-0.25, -0.2) is 4.79 Å². The number of nitrogens with one attached hydrogen (secondary N) is 3. The van der Waals surface area contributed by atoms with Gasteiger partial charge in [-0.05, 0) is 53.6 Å². The van der Waals surface area contributed by atoms with E-state index < -0.39 is 41.0 Å². The predicted octanol–water partition coefficient (Wildman–Crippen LogP) is 4.65. The van der Waals surface area contributed by atoms with Crippen molar-refractivity contribution in [2.24, 2.45) is 0 Å². The van der Waals surface area contributed by atoms with E-state index in [9.17, 15) is 37.5 Å². The van der Waals surface area contributed by atoms with Crippen molar-refractivity contribution in [1.29, 1.82) is 5.26 Å². The number of alkyl halides is 3. The number of hydrogen-bond acceptors (Lipinski definition) is 7. The summed E-state index contributed by atoms with van der Waals surface area (Å²) in [5.41, 5.74) is -3.12. The molecule has 4 rings (SSSR count). The molecule has 41 heavy (non-hydrogen) atoms. The van der Waals surface area contributed by atoms with Crippen LogP contribution in [0.15, 0.2) is 53.1 Å². The SMILES string of the molecule is CNC(=O)c1cc2c(C(=O)Nc3ccc(C#N)cc3C(=O)O)noc2cc1-c1ccc(NC(C)=O)cc1C(F)(F)F. The minimum Gasteiger partial charge on any atom is -0.478 e. The van der Waals surface area contributed by atoms with Crippen LogP contribution in [0.2, 0.25) is 0 Å². The molecule has 208 valence electrons. The number of nitrogens with zero attached hydrogens (tertiary/aromatic N) is 2. The summed E-state index contributed by atoms with van der Waals surface area (Å²) in [4.78, 5) is 48.9. The molecule has 0 radical (unpaired) electrons. The number of rotatable bonds is 6. The number of benzene rings is 3. The summed E-state index contributed by atoms with van der Waals surface area (Å²) in [6.07, 6.45) is -4.88. The van der Waals surface area contributed by atoms with E-state index in [1.54, 1.807) is 6.07 Å². The number of anilines is 2. The van der Waals surface area contributed by atoms with Crippen molar-refractivity contribution in [2.75, 3.05) is 17.7 Å². The van der Waals surface area contributed by atoms with Crippen LogP contribution in [0.3, 0.4) is 0 Å². The maximum atomic E-state index is 14.1. The van der Waals surface area contributed by atoms with Crippen LogP contribution in [0, 0.1) is 11.3 Å². The maximum absolute atomic E-state index is 14.1. The van der Waals surface area contributed by atoms with Crippen LogP contribution in [-0.4, -0.2) is 41.0 Å². The van der Waals surface area contributed by atoms with Gasteiger partial charge in [0.1, 0.15) is 0 Å². The molecule has 1 aromatic heterocycles. The Labute approximate surface area is 228 Å². The van der Waals surface area contributed by atoms with Crippen molar-refractivity contribution in [3.8, 4) is 17.2 Å². The first-order valence-electron chi connectivity index (χ1n) is 11.6. The number of fused-ring (bicyclic) bond motifs is 1. The van der Waals surface area contributed by atoms with E-state index in [0.717, 1.165) is 37.3 Å². The molecule has 3 amide bonds. The number of carbonyl (C=O) groups excluding carboxylic acids is 3. The van der Waals surface area contributed by atoms with Gasteiger partial charge in [0.05, 0.1) is 33.8 Å². The van der Waals surface area contributed by atoms with Crippen LogP contribution < -0.4 is 16.0 Å². The number of carboxylic acid groups (broad SMARTS) is 1. The average molecular weight is 565 g/mol. The van der Waals surface area contributed by atoms with E-state index in [2.05, 4.69) is 21.1 Å². The second kappa shape index (κ2) is 10.8. The molecule has 3 aromatic carbocycles. The van der Waals surface area contributed by atoms with E-state index in [-0.39, 0.29) is 50.3 Å². The summed E-state index contributed by atoms with van der Waals surface area (Å²) in [7, 11) is 1.26. The van der Waals surface area contributed by atoms with Gasteiger partial charge >= 0.3 is 12.1 Å². The third-order valence-electron chi connectivity index (χ3n) is 5.86. The summed E-state index contributed by atoms with van der Waals surface area (Å²) in [5, 5.41) is 29.1. The molecule has 4 N–H and O–H groups in total. The van der Waals surface area contributed by atoms with Crippen LogP contribution in [0.1, 0.15) is 49.3 Å². The Hall–Kier alpha value is -5.71. The molecule has 11 nitrogen and oxygen atoms in total. The van der Waals surface area contributed by atoms with Crippen LogP contribution in [-0.2, 0) is 11.0 Å². The first-order chi connectivity index (χ1) is 19.3. The molecular weight excluding hydrogens is 547 g/mol. The zero-order valence-corrected chi connectivity index (χ0v) is 21.1. The smallest absolute Gasteiger partial charge is 0.417 e. The molecule has 4 aromatic rings. The number of carbonyl (C=O) groups is 4. The Bertz CT molecular complexity index is 1790. The molecule has 0 fully saturated rings. The van der Waals surface area contributed by atoms with E-state index in [1.165, 1.54) is 25.2 Å². The van der Waals surface area contributed by atoms with Crippen molar-refractivity contribution < 1.29 is 42.0 Å². The lowest BCUT2D eigenvalue weighted by atomic mass is 9.92. The summed E-state index contributed by atoms with van der Waals surface area (Å²) in [6, 6.07) is 10.6. The Morgan fingerprint density at radius 2 is 1.68 bits per heavy atom. The van der Waals surface area contributed by atoms with Crippen molar-refractivity contribution in [2.45, 2.75) is 13.1 Å². The number of carboxylic acids is 1. The Kier molecular flexibility index (Phi) is 7.46. The van der Waals surface area contributed by atoms with Gasteiger partial charge in [0, 0.05) is 25.2 Å². The predicted molar refractivity (Wildman–Crippen MR) is 138 cm³/mol.